The molecule has 3 nitrogen and oxygen atoms in total. The molecule has 1 heterocycles. The highest BCUT2D eigenvalue weighted by molar-refractivity contribution is 6.31. The maximum absolute atomic E-state index is 6.16. The molecule has 1 aliphatic rings. The molecule has 0 fully saturated rings. The summed E-state index contributed by atoms with van der Waals surface area (Å²) >= 11 is 6.07. The molecule has 0 spiro atoms. The van der Waals surface area contributed by atoms with Crippen LogP contribution in [0.2, 0.25) is 5.02 Å². The summed E-state index contributed by atoms with van der Waals surface area (Å²) in [5, 5.41) is 0.627. The van der Waals surface area contributed by atoms with Crippen molar-refractivity contribution >= 4 is 11.6 Å². The van der Waals surface area contributed by atoms with E-state index >= 15 is 0 Å². The van der Waals surface area contributed by atoms with Crippen molar-refractivity contribution in [1.82, 2.24) is 4.98 Å². The molecule has 20 heavy (non-hydrogen) atoms. The second kappa shape index (κ2) is 5.81. The summed E-state index contributed by atoms with van der Waals surface area (Å²) in [5.41, 5.74) is 9.66. The third kappa shape index (κ3) is 2.79. The highest BCUT2D eigenvalue weighted by Crippen LogP contribution is 2.31. The van der Waals surface area contributed by atoms with E-state index in [9.17, 15) is 0 Å². The lowest BCUT2D eigenvalue weighted by Gasteiger charge is -2.22. The Kier molecular flexibility index (Phi) is 3.90. The van der Waals surface area contributed by atoms with Crippen molar-refractivity contribution in [1.29, 1.82) is 0 Å². The van der Waals surface area contributed by atoms with Gasteiger partial charge in [-0.3, -0.25) is 4.98 Å². The molecule has 1 aliphatic carbocycles. The first-order chi connectivity index (χ1) is 9.74. The number of rotatable bonds is 3. The van der Waals surface area contributed by atoms with Crippen LogP contribution in [0.3, 0.4) is 0 Å². The molecule has 2 N–H and O–H groups in total. The Balaban J connectivity index is 1.75. The van der Waals surface area contributed by atoms with Gasteiger partial charge in [-0.25, -0.2) is 0 Å². The van der Waals surface area contributed by atoms with E-state index in [4.69, 9.17) is 22.1 Å². The molecule has 1 unspecified atom stereocenters. The fourth-order valence-corrected chi connectivity index (χ4v) is 2.76. The van der Waals surface area contributed by atoms with Crippen LogP contribution in [0.5, 0.6) is 5.75 Å². The van der Waals surface area contributed by atoms with E-state index < -0.39 is 0 Å². The van der Waals surface area contributed by atoms with Crippen LogP contribution in [-0.2, 0) is 13.0 Å². The molecule has 104 valence electrons. The van der Waals surface area contributed by atoms with Crippen LogP contribution < -0.4 is 10.5 Å². The summed E-state index contributed by atoms with van der Waals surface area (Å²) in [6, 6.07) is 8.19. The fourth-order valence-electron chi connectivity index (χ4n) is 2.59. The third-order valence-corrected chi connectivity index (χ3v) is 4.07. The molecule has 1 aromatic heterocycles. The summed E-state index contributed by atoms with van der Waals surface area (Å²) < 4.78 is 5.82. The van der Waals surface area contributed by atoms with E-state index in [0.29, 0.717) is 11.6 Å². The zero-order valence-corrected chi connectivity index (χ0v) is 11.9. The van der Waals surface area contributed by atoms with Gasteiger partial charge in [0.15, 0.2) is 0 Å². The van der Waals surface area contributed by atoms with Crippen molar-refractivity contribution in [3.8, 4) is 5.75 Å². The van der Waals surface area contributed by atoms with Crippen molar-refractivity contribution in [2.45, 2.75) is 31.9 Å². The van der Waals surface area contributed by atoms with E-state index in [0.717, 1.165) is 24.2 Å². The van der Waals surface area contributed by atoms with Gasteiger partial charge >= 0.3 is 0 Å². The predicted molar refractivity (Wildman–Crippen MR) is 79.9 cm³/mol. The largest absolute Gasteiger partial charge is 0.489 e. The van der Waals surface area contributed by atoms with Gasteiger partial charge in [0, 0.05) is 24.0 Å². The summed E-state index contributed by atoms with van der Waals surface area (Å²) in [5.74, 6) is 0.842. The van der Waals surface area contributed by atoms with Crippen molar-refractivity contribution < 1.29 is 4.74 Å². The lowest BCUT2D eigenvalue weighted by molar-refractivity contribution is 0.305. The average molecular weight is 289 g/mol. The van der Waals surface area contributed by atoms with E-state index in [1.54, 1.807) is 12.4 Å². The van der Waals surface area contributed by atoms with Crippen LogP contribution in [0, 0.1) is 0 Å². The summed E-state index contributed by atoms with van der Waals surface area (Å²) in [4.78, 5) is 3.96. The topological polar surface area (TPSA) is 48.1 Å². The Morgan fingerprint density at radius 1 is 1.35 bits per heavy atom. The molecule has 0 amide bonds. The van der Waals surface area contributed by atoms with Gasteiger partial charge in [0.25, 0.3) is 0 Å². The number of ether oxygens (including phenoxy) is 1. The Hall–Kier alpha value is -1.58. The molecule has 2 aromatic rings. The smallest absolute Gasteiger partial charge is 0.120 e. The number of aryl methyl sites for hydroxylation is 1. The zero-order chi connectivity index (χ0) is 13.9. The van der Waals surface area contributed by atoms with Crippen LogP contribution in [0.1, 0.15) is 35.6 Å². The Morgan fingerprint density at radius 2 is 2.25 bits per heavy atom. The van der Waals surface area contributed by atoms with Gasteiger partial charge in [-0.1, -0.05) is 17.7 Å². The number of aromatic nitrogens is 1. The lowest BCUT2D eigenvalue weighted by atomic mass is 9.88. The molecule has 4 heteroatoms. The second-order valence-corrected chi connectivity index (χ2v) is 5.52. The van der Waals surface area contributed by atoms with Gasteiger partial charge in [0.2, 0.25) is 0 Å². The summed E-state index contributed by atoms with van der Waals surface area (Å²) in [7, 11) is 0. The first-order valence-corrected chi connectivity index (χ1v) is 7.21. The van der Waals surface area contributed by atoms with Crippen molar-refractivity contribution in [3.63, 3.8) is 0 Å². The van der Waals surface area contributed by atoms with Crippen LogP contribution >= 0.6 is 11.6 Å². The summed E-state index contributed by atoms with van der Waals surface area (Å²) in [6.45, 7) is 0.440. The normalized spacial score (nSPS) is 17.6. The van der Waals surface area contributed by atoms with Crippen molar-refractivity contribution in [2.75, 3.05) is 0 Å². The average Bonchev–Trinajstić information content (AvgIpc) is 2.47. The minimum Gasteiger partial charge on any atom is -0.489 e. The van der Waals surface area contributed by atoms with Gasteiger partial charge < -0.3 is 10.5 Å². The van der Waals surface area contributed by atoms with Gasteiger partial charge in [-0.2, -0.15) is 0 Å². The first kappa shape index (κ1) is 13.4. The molecular formula is C16H17ClN2O. The number of hydrogen-bond acceptors (Lipinski definition) is 3. The van der Waals surface area contributed by atoms with Crippen LogP contribution in [0.4, 0.5) is 0 Å². The SMILES string of the molecule is NC1CCCc2ccc(OCc3ccncc3Cl)cc21. The molecule has 0 saturated heterocycles. The zero-order valence-electron chi connectivity index (χ0n) is 11.2. The predicted octanol–water partition coefficient (Wildman–Crippen LogP) is 3.65. The van der Waals surface area contributed by atoms with Gasteiger partial charge in [0.1, 0.15) is 12.4 Å². The van der Waals surface area contributed by atoms with Gasteiger partial charge in [-0.15, -0.1) is 0 Å². The first-order valence-electron chi connectivity index (χ1n) is 6.83. The van der Waals surface area contributed by atoms with E-state index in [2.05, 4.69) is 17.1 Å². The number of halogens is 1. The maximum atomic E-state index is 6.16. The molecule has 0 radical (unpaired) electrons. The van der Waals surface area contributed by atoms with E-state index in [1.807, 2.05) is 12.1 Å². The minimum absolute atomic E-state index is 0.131. The number of hydrogen-bond donors (Lipinski definition) is 1. The number of benzene rings is 1. The van der Waals surface area contributed by atoms with Crippen LogP contribution in [-0.4, -0.2) is 4.98 Å². The van der Waals surface area contributed by atoms with Gasteiger partial charge in [-0.05, 0) is 48.6 Å². The molecule has 0 bridgehead atoms. The standard InChI is InChI=1S/C16H17ClN2O/c17-15-9-19-7-6-12(15)10-20-13-5-4-11-2-1-3-16(18)14(11)8-13/h4-9,16H,1-3,10,18H2. The van der Waals surface area contributed by atoms with Crippen LogP contribution in [0.15, 0.2) is 36.7 Å². The van der Waals surface area contributed by atoms with E-state index in [-0.39, 0.29) is 6.04 Å². The molecule has 0 aliphatic heterocycles. The van der Waals surface area contributed by atoms with Crippen molar-refractivity contribution in [3.05, 3.63) is 58.4 Å². The van der Waals surface area contributed by atoms with Crippen molar-refractivity contribution in [2.24, 2.45) is 5.73 Å². The highest BCUT2D eigenvalue weighted by atomic mass is 35.5. The lowest BCUT2D eigenvalue weighted by Crippen LogP contribution is -2.17. The Morgan fingerprint density at radius 3 is 3.10 bits per heavy atom. The van der Waals surface area contributed by atoms with E-state index in [1.165, 1.54) is 17.5 Å². The third-order valence-electron chi connectivity index (χ3n) is 3.73. The molecule has 1 aromatic carbocycles. The fraction of sp³-hybridized carbons (Fsp3) is 0.312. The monoisotopic (exact) mass is 288 g/mol. The second-order valence-electron chi connectivity index (χ2n) is 5.12. The number of fused-ring (bicyclic) bond motifs is 1. The number of nitrogens with zero attached hydrogens (tertiary/aromatic N) is 1. The molecule has 1 atom stereocenters. The molecule has 0 saturated carbocycles. The molecular weight excluding hydrogens is 272 g/mol. The van der Waals surface area contributed by atoms with Crippen LogP contribution in [0.25, 0.3) is 0 Å². The number of nitrogens with two attached hydrogens (primary N) is 1. The maximum Gasteiger partial charge on any atom is 0.120 e. The molecule has 3 rings (SSSR count). The Labute approximate surface area is 123 Å². The number of pyridine rings is 1. The highest BCUT2D eigenvalue weighted by Gasteiger charge is 2.17. The van der Waals surface area contributed by atoms with Gasteiger partial charge in [0.05, 0.1) is 5.02 Å². The minimum atomic E-state index is 0.131. The quantitative estimate of drug-likeness (QED) is 0.938. The summed E-state index contributed by atoms with van der Waals surface area (Å²) in [6.07, 6.45) is 6.67. The Bertz CT molecular complexity index is 615.